The van der Waals surface area contributed by atoms with Crippen LogP contribution in [0.4, 0.5) is 11.4 Å². The summed E-state index contributed by atoms with van der Waals surface area (Å²) in [5, 5.41) is 3.04. The van der Waals surface area contributed by atoms with Crippen molar-refractivity contribution in [2.45, 2.75) is 18.7 Å². The summed E-state index contributed by atoms with van der Waals surface area (Å²) in [5.41, 5.74) is 2.74. The zero-order chi connectivity index (χ0) is 25.8. The number of nitrogens with zero attached hydrogens (tertiary/aromatic N) is 1. The van der Waals surface area contributed by atoms with Gasteiger partial charge < -0.3 is 19.5 Å². The highest BCUT2D eigenvalue weighted by Crippen LogP contribution is 2.37. The number of anilines is 2. The molecule has 1 N–H and O–H groups in total. The van der Waals surface area contributed by atoms with Gasteiger partial charge in [-0.1, -0.05) is 17.7 Å². The lowest BCUT2D eigenvalue weighted by molar-refractivity contribution is -0.114. The van der Waals surface area contributed by atoms with E-state index in [2.05, 4.69) is 5.32 Å². The number of amides is 1. The third-order valence-electron chi connectivity index (χ3n) is 5.43. The van der Waals surface area contributed by atoms with Crippen molar-refractivity contribution in [3.05, 3.63) is 70.7 Å². The Morgan fingerprint density at radius 2 is 1.51 bits per heavy atom. The van der Waals surface area contributed by atoms with Gasteiger partial charge in [0.25, 0.3) is 10.0 Å². The van der Waals surface area contributed by atoms with Crippen LogP contribution in [-0.2, 0) is 14.8 Å². The van der Waals surface area contributed by atoms with Crippen LogP contribution in [0.5, 0.6) is 17.2 Å². The number of hydrogen-bond acceptors (Lipinski definition) is 6. The van der Waals surface area contributed by atoms with Crippen LogP contribution in [0.15, 0.2) is 59.5 Å². The van der Waals surface area contributed by atoms with Gasteiger partial charge in [-0.2, -0.15) is 0 Å². The lowest BCUT2D eigenvalue weighted by Crippen LogP contribution is -2.38. The molecule has 0 aliphatic rings. The molecule has 0 unspecified atom stereocenters. The van der Waals surface area contributed by atoms with Gasteiger partial charge in [0.1, 0.15) is 12.3 Å². The molecule has 0 bridgehead atoms. The molecular weight excluding hydrogens is 492 g/mol. The summed E-state index contributed by atoms with van der Waals surface area (Å²) in [6.45, 7) is 3.36. The van der Waals surface area contributed by atoms with Gasteiger partial charge in [-0.3, -0.25) is 9.10 Å². The highest BCUT2D eigenvalue weighted by atomic mass is 35.5. The van der Waals surface area contributed by atoms with Crippen molar-refractivity contribution in [1.29, 1.82) is 0 Å². The number of rotatable bonds is 9. The van der Waals surface area contributed by atoms with Crippen molar-refractivity contribution < 1.29 is 27.4 Å². The summed E-state index contributed by atoms with van der Waals surface area (Å²) in [5.74, 6) is 0.286. The van der Waals surface area contributed by atoms with Crippen molar-refractivity contribution in [2.75, 3.05) is 37.5 Å². The van der Waals surface area contributed by atoms with E-state index in [1.165, 1.54) is 51.7 Å². The molecule has 0 heterocycles. The van der Waals surface area contributed by atoms with Crippen LogP contribution in [0.3, 0.4) is 0 Å². The number of methoxy groups -OCH3 is 3. The zero-order valence-corrected chi connectivity index (χ0v) is 21.7. The van der Waals surface area contributed by atoms with Crippen molar-refractivity contribution in [3.8, 4) is 17.2 Å². The van der Waals surface area contributed by atoms with E-state index < -0.39 is 22.5 Å². The molecule has 0 radical (unpaired) electrons. The number of aryl methyl sites for hydroxylation is 2. The summed E-state index contributed by atoms with van der Waals surface area (Å²) >= 11 is 6.19. The fraction of sp³-hybridized carbons (Fsp3) is 0.240. The molecule has 186 valence electrons. The van der Waals surface area contributed by atoms with Crippen LogP contribution in [0.2, 0.25) is 5.02 Å². The molecule has 0 saturated carbocycles. The molecule has 10 heteroatoms. The van der Waals surface area contributed by atoms with Gasteiger partial charge in [-0.25, -0.2) is 8.42 Å². The molecule has 0 atom stereocenters. The lowest BCUT2D eigenvalue weighted by atomic mass is 10.1. The first-order chi connectivity index (χ1) is 16.6. The average Bonchev–Trinajstić information content (AvgIpc) is 2.84. The van der Waals surface area contributed by atoms with E-state index in [4.69, 9.17) is 25.8 Å². The first-order valence-electron chi connectivity index (χ1n) is 10.6. The quantitative estimate of drug-likeness (QED) is 0.436. The molecule has 0 aromatic heterocycles. The molecule has 0 fully saturated rings. The third kappa shape index (κ3) is 5.80. The number of sulfonamides is 1. The molecular formula is C25H27ClN2O6S. The minimum Gasteiger partial charge on any atom is -0.495 e. The Balaban J connectivity index is 2.07. The zero-order valence-electron chi connectivity index (χ0n) is 20.1. The van der Waals surface area contributed by atoms with E-state index in [9.17, 15) is 13.2 Å². The summed E-state index contributed by atoms with van der Waals surface area (Å²) in [4.78, 5) is 12.9. The second kappa shape index (κ2) is 10.9. The molecule has 8 nitrogen and oxygen atoms in total. The maximum Gasteiger partial charge on any atom is 0.265 e. The standard InChI is InChI=1S/C25H27ClN2O6S/c1-16-6-8-19(12-17(16)2)27-25(29)15-28(21-13-18(26)7-10-22(21)32-3)35(30,31)20-9-11-23(33-4)24(14-20)34-5/h6-14H,15H2,1-5H3,(H,27,29). The van der Waals surface area contributed by atoms with E-state index in [0.29, 0.717) is 11.4 Å². The Morgan fingerprint density at radius 1 is 0.857 bits per heavy atom. The first kappa shape index (κ1) is 26.2. The van der Waals surface area contributed by atoms with E-state index in [1.807, 2.05) is 26.0 Å². The largest absolute Gasteiger partial charge is 0.495 e. The van der Waals surface area contributed by atoms with Gasteiger partial charge in [-0.05, 0) is 67.4 Å². The Morgan fingerprint density at radius 3 is 2.14 bits per heavy atom. The molecule has 0 saturated heterocycles. The van der Waals surface area contributed by atoms with Gasteiger partial charge in [0, 0.05) is 16.8 Å². The molecule has 0 aliphatic heterocycles. The summed E-state index contributed by atoms with van der Waals surface area (Å²) in [7, 11) is -0.00266. The number of halogens is 1. The number of hydrogen-bond donors (Lipinski definition) is 1. The molecule has 35 heavy (non-hydrogen) atoms. The Bertz CT molecular complexity index is 1340. The number of ether oxygens (including phenoxy) is 3. The van der Waals surface area contributed by atoms with Gasteiger partial charge in [0.15, 0.2) is 11.5 Å². The van der Waals surface area contributed by atoms with Crippen molar-refractivity contribution >= 4 is 38.9 Å². The smallest absolute Gasteiger partial charge is 0.265 e. The van der Waals surface area contributed by atoms with Crippen LogP contribution in [-0.4, -0.2) is 42.2 Å². The topological polar surface area (TPSA) is 94.2 Å². The van der Waals surface area contributed by atoms with Crippen LogP contribution in [0, 0.1) is 13.8 Å². The van der Waals surface area contributed by atoms with Crippen molar-refractivity contribution in [3.63, 3.8) is 0 Å². The second-order valence-corrected chi connectivity index (χ2v) is 9.99. The monoisotopic (exact) mass is 518 g/mol. The minimum atomic E-state index is -4.26. The molecule has 1 amide bonds. The predicted octanol–water partition coefficient (Wildman–Crippen LogP) is 4.82. The second-order valence-electron chi connectivity index (χ2n) is 7.69. The maximum absolute atomic E-state index is 13.8. The van der Waals surface area contributed by atoms with Gasteiger partial charge >= 0.3 is 0 Å². The van der Waals surface area contributed by atoms with Gasteiger partial charge in [0.2, 0.25) is 5.91 Å². The van der Waals surface area contributed by atoms with E-state index in [0.717, 1.165) is 15.4 Å². The summed E-state index contributed by atoms with van der Waals surface area (Å²) < 4.78 is 44.5. The average molecular weight is 519 g/mol. The van der Waals surface area contributed by atoms with Crippen LogP contribution in [0.25, 0.3) is 0 Å². The summed E-state index contributed by atoms with van der Waals surface area (Å²) in [6, 6.07) is 14.2. The van der Waals surface area contributed by atoms with Crippen molar-refractivity contribution in [1.82, 2.24) is 0 Å². The fourth-order valence-corrected chi connectivity index (χ4v) is 5.02. The Kier molecular flexibility index (Phi) is 8.14. The summed E-state index contributed by atoms with van der Waals surface area (Å²) in [6.07, 6.45) is 0. The number of carbonyl (C=O) groups excluding carboxylic acids is 1. The molecule has 3 aromatic carbocycles. The molecule has 3 aromatic rings. The molecule has 0 spiro atoms. The predicted molar refractivity (Wildman–Crippen MR) is 137 cm³/mol. The van der Waals surface area contributed by atoms with E-state index >= 15 is 0 Å². The van der Waals surface area contributed by atoms with Crippen molar-refractivity contribution in [2.24, 2.45) is 0 Å². The van der Waals surface area contributed by atoms with E-state index in [1.54, 1.807) is 12.1 Å². The Hall–Kier alpha value is -3.43. The SMILES string of the molecule is COc1ccc(S(=O)(=O)N(CC(=O)Nc2ccc(C)c(C)c2)c2cc(Cl)ccc2OC)cc1OC. The number of nitrogens with one attached hydrogen (secondary N) is 1. The lowest BCUT2D eigenvalue weighted by Gasteiger charge is -2.26. The number of carbonyl (C=O) groups is 1. The minimum absolute atomic E-state index is 0.101. The highest BCUT2D eigenvalue weighted by molar-refractivity contribution is 7.92. The molecule has 0 aliphatic carbocycles. The van der Waals surface area contributed by atoms with Gasteiger partial charge in [-0.15, -0.1) is 0 Å². The Labute approximate surface area is 210 Å². The first-order valence-corrected chi connectivity index (χ1v) is 12.4. The van der Waals surface area contributed by atoms with Crippen LogP contribution >= 0.6 is 11.6 Å². The maximum atomic E-state index is 13.8. The third-order valence-corrected chi connectivity index (χ3v) is 7.42. The fourth-order valence-electron chi connectivity index (χ4n) is 3.41. The van der Waals surface area contributed by atoms with Crippen LogP contribution in [0.1, 0.15) is 11.1 Å². The normalized spacial score (nSPS) is 11.0. The number of benzene rings is 3. The van der Waals surface area contributed by atoms with Crippen LogP contribution < -0.4 is 23.8 Å². The van der Waals surface area contributed by atoms with E-state index in [-0.39, 0.29) is 27.1 Å². The molecule has 3 rings (SSSR count). The van der Waals surface area contributed by atoms with Gasteiger partial charge in [0.05, 0.1) is 31.9 Å². The highest BCUT2D eigenvalue weighted by Gasteiger charge is 2.30.